The summed E-state index contributed by atoms with van der Waals surface area (Å²) < 4.78 is 38.2. The van der Waals surface area contributed by atoms with Crippen molar-refractivity contribution >= 4 is 40.1 Å². The Morgan fingerprint density at radius 2 is 1.93 bits per heavy atom. The fraction of sp³-hybridized carbons (Fsp3) is 0.211. The number of hydrogen-bond acceptors (Lipinski definition) is 4. The van der Waals surface area contributed by atoms with Gasteiger partial charge in [-0.05, 0) is 37.3 Å². The molecule has 0 spiro atoms. The molecule has 0 saturated carbocycles. The number of carbonyl (C=O) groups is 2. The number of nitrogens with one attached hydrogen (secondary N) is 2. The SMILES string of the molecule is Cc1ccc(N=C2NC(=O)[C@H](CC(=O)Nc3cccc(C(F)(F)F)c3)S2)cc1. The van der Waals surface area contributed by atoms with Gasteiger partial charge in [0.15, 0.2) is 5.17 Å². The molecule has 0 unspecified atom stereocenters. The number of aryl methyl sites for hydroxylation is 1. The molecule has 3 rings (SSSR count). The molecule has 1 aliphatic heterocycles. The third-order valence-electron chi connectivity index (χ3n) is 3.89. The van der Waals surface area contributed by atoms with Crippen LogP contribution in [0.5, 0.6) is 0 Å². The van der Waals surface area contributed by atoms with E-state index in [2.05, 4.69) is 15.6 Å². The maximum Gasteiger partial charge on any atom is 0.416 e. The van der Waals surface area contributed by atoms with Crippen LogP contribution >= 0.6 is 11.8 Å². The van der Waals surface area contributed by atoms with Gasteiger partial charge in [-0.2, -0.15) is 13.2 Å². The summed E-state index contributed by atoms with van der Waals surface area (Å²) in [4.78, 5) is 28.5. The van der Waals surface area contributed by atoms with Crippen molar-refractivity contribution in [2.24, 2.45) is 4.99 Å². The van der Waals surface area contributed by atoms with Gasteiger partial charge in [0.25, 0.3) is 0 Å². The standard InChI is InChI=1S/C19H16F3N3O2S/c1-11-5-7-13(8-6-11)24-18-25-17(27)15(28-18)10-16(26)23-14-4-2-3-12(9-14)19(20,21)22/h2-9,15H,10H2,1H3,(H,23,26)(H,24,25,27)/t15-/m0/s1. The summed E-state index contributed by atoms with van der Waals surface area (Å²) >= 11 is 1.11. The Bertz CT molecular complexity index is 927. The molecule has 2 N–H and O–H groups in total. The highest BCUT2D eigenvalue weighted by atomic mass is 32.2. The fourth-order valence-corrected chi connectivity index (χ4v) is 3.47. The average molecular weight is 407 g/mol. The number of benzene rings is 2. The zero-order chi connectivity index (χ0) is 20.3. The van der Waals surface area contributed by atoms with Crippen LogP contribution in [-0.4, -0.2) is 22.2 Å². The number of alkyl halides is 3. The van der Waals surface area contributed by atoms with E-state index in [1.807, 2.05) is 31.2 Å². The molecule has 2 aromatic rings. The average Bonchev–Trinajstić information content (AvgIpc) is 2.95. The number of aliphatic imine (C=N–C) groups is 1. The van der Waals surface area contributed by atoms with Crippen molar-refractivity contribution in [1.82, 2.24) is 5.32 Å². The van der Waals surface area contributed by atoms with Crippen molar-refractivity contribution in [2.45, 2.75) is 24.8 Å². The van der Waals surface area contributed by atoms with Crippen LogP contribution in [0.15, 0.2) is 53.5 Å². The van der Waals surface area contributed by atoms with Gasteiger partial charge in [0.2, 0.25) is 11.8 Å². The molecule has 1 saturated heterocycles. The van der Waals surface area contributed by atoms with Crippen LogP contribution in [0.1, 0.15) is 17.5 Å². The first-order valence-corrected chi connectivity index (χ1v) is 9.19. The maximum absolute atomic E-state index is 12.7. The molecule has 2 amide bonds. The number of rotatable bonds is 4. The first-order chi connectivity index (χ1) is 13.2. The van der Waals surface area contributed by atoms with Gasteiger partial charge in [-0.3, -0.25) is 9.59 Å². The summed E-state index contributed by atoms with van der Waals surface area (Å²) in [6.07, 6.45) is -4.68. The molecule has 0 radical (unpaired) electrons. The lowest BCUT2D eigenvalue weighted by atomic mass is 10.2. The van der Waals surface area contributed by atoms with Crippen LogP contribution in [0, 0.1) is 6.92 Å². The van der Waals surface area contributed by atoms with E-state index in [4.69, 9.17) is 0 Å². The minimum atomic E-state index is -4.50. The molecular formula is C19H16F3N3O2S. The Hall–Kier alpha value is -2.81. The van der Waals surface area contributed by atoms with Crippen molar-refractivity contribution < 1.29 is 22.8 Å². The quantitative estimate of drug-likeness (QED) is 0.796. The third kappa shape index (κ3) is 5.13. The van der Waals surface area contributed by atoms with Gasteiger partial charge in [-0.15, -0.1) is 0 Å². The fourth-order valence-electron chi connectivity index (χ4n) is 2.48. The summed E-state index contributed by atoms with van der Waals surface area (Å²) in [7, 11) is 0. The molecule has 0 aliphatic carbocycles. The molecule has 2 aromatic carbocycles. The maximum atomic E-state index is 12.7. The number of nitrogens with zero attached hydrogens (tertiary/aromatic N) is 1. The number of halogens is 3. The summed E-state index contributed by atoms with van der Waals surface area (Å²) in [6, 6.07) is 11.7. The second-order valence-electron chi connectivity index (χ2n) is 6.18. The number of amides is 2. The van der Waals surface area contributed by atoms with Gasteiger partial charge in [-0.1, -0.05) is 35.5 Å². The van der Waals surface area contributed by atoms with Gasteiger partial charge in [-0.25, -0.2) is 4.99 Å². The molecule has 5 nitrogen and oxygen atoms in total. The van der Waals surface area contributed by atoms with Gasteiger partial charge in [0, 0.05) is 12.1 Å². The lowest BCUT2D eigenvalue weighted by Crippen LogP contribution is -2.28. The van der Waals surface area contributed by atoms with E-state index >= 15 is 0 Å². The van der Waals surface area contributed by atoms with E-state index in [0.29, 0.717) is 10.9 Å². The Morgan fingerprint density at radius 3 is 2.61 bits per heavy atom. The lowest BCUT2D eigenvalue weighted by molar-refractivity contribution is -0.137. The normalized spacial score (nSPS) is 18.2. The Morgan fingerprint density at radius 1 is 1.21 bits per heavy atom. The molecule has 0 bridgehead atoms. The minimum absolute atomic E-state index is 0.0248. The summed E-state index contributed by atoms with van der Waals surface area (Å²) in [5, 5.41) is 4.69. The topological polar surface area (TPSA) is 70.6 Å². The summed E-state index contributed by atoms with van der Waals surface area (Å²) in [5.74, 6) is -0.918. The molecule has 28 heavy (non-hydrogen) atoms. The van der Waals surface area contributed by atoms with Gasteiger partial charge >= 0.3 is 6.18 Å². The molecular weight excluding hydrogens is 391 g/mol. The minimum Gasteiger partial charge on any atom is -0.326 e. The number of carbonyl (C=O) groups excluding carboxylic acids is 2. The van der Waals surface area contributed by atoms with E-state index in [1.165, 1.54) is 12.1 Å². The molecule has 1 fully saturated rings. The Balaban J connectivity index is 1.61. The zero-order valence-electron chi connectivity index (χ0n) is 14.7. The number of anilines is 1. The first-order valence-electron chi connectivity index (χ1n) is 8.31. The second kappa shape index (κ2) is 8.05. The van der Waals surface area contributed by atoms with Crippen LogP contribution in [0.3, 0.4) is 0 Å². The molecule has 9 heteroatoms. The van der Waals surface area contributed by atoms with E-state index in [0.717, 1.165) is 29.5 Å². The first kappa shape index (κ1) is 19.9. The van der Waals surface area contributed by atoms with E-state index in [1.54, 1.807) is 0 Å². The predicted molar refractivity (Wildman–Crippen MR) is 102 cm³/mol. The third-order valence-corrected chi connectivity index (χ3v) is 4.97. The van der Waals surface area contributed by atoms with Crippen molar-refractivity contribution in [3.05, 3.63) is 59.7 Å². The second-order valence-corrected chi connectivity index (χ2v) is 7.37. The van der Waals surface area contributed by atoms with Gasteiger partial charge in [0.05, 0.1) is 11.3 Å². The van der Waals surface area contributed by atoms with Crippen LogP contribution in [0.25, 0.3) is 0 Å². The van der Waals surface area contributed by atoms with Crippen molar-refractivity contribution in [3.63, 3.8) is 0 Å². The number of thioether (sulfide) groups is 1. The molecule has 1 atom stereocenters. The van der Waals surface area contributed by atoms with Gasteiger partial charge in [0.1, 0.15) is 5.25 Å². The highest BCUT2D eigenvalue weighted by Crippen LogP contribution is 2.31. The lowest BCUT2D eigenvalue weighted by Gasteiger charge is -2.10. The van der Waals surface area contributed by atoms with E-state index in [-0.39, 0.29) is 18.0 Å². The molecule has 1 heterocycles. The number of hydrogen-bond donors (Lipinski definition) is 2. The van der Waals surface area contributed by atoms with Crippen molar-refractivity contribution in [2.75, 3.05) is 5.32 Å². The Labute approximate surface area is 163 Å². The molecule has 0 aromatic heterocycles. The van der Waals surface area contributed by atoms with Crippen molar-refractivity contribution in [3.8, 4) is 0 Å². The van der Waals surface area contributed by atoms with Crippen LogP contribution in [0.4, 0.5) is 24.5 Å². The monoisotopic (exact) mass is 407 g/mol. The van der Waals surface area contributed by atoms with Crippen LogP contribution in [-0.2, 0) is 15.8 Å². The predicted octanol–water partition coefficient (Wildman–Crippen LogP) is 4.26. The number of amidine groups is 1. The van der Waals surface area contributed by atoms with Crippen molar-refractivity contribution in [1.29, 1.82) is 0 Å². The van der Waals surface area contributed by atoms with Crippen LogP contribution in [0.2, 0.25) is 0 Å². The van der Waals surface area contributed by atoms with E-state index < -0.39 is 22.9 Å². The highest BCUT2D eigenvalue weighted by Gasteiger charge is 2.33. The van der Waals surface area contributed by atoms with Crippen LogP contribution < -0.4 is 10.6 Å². The van der Waals surface area contributed by atoms with E-state index in [9.17, 15) is 22.8 Å². The summed E-state index contributed by atoms with van der Waals surface area (Å²) in [5.41, 5.74) is 0.918. The zero-order valence-corrected chi connectivity index (χ0v) is 15.5. The highest BCUT2D eigenvalue weighted by molar-refractivity contribution is 8.15. The Kier molecular flexibility index (Phi) is 5.73. The van der Waals surface area contributed by atoms with Gasteiger partial charge < -0.3 is 10.6 Å². The largest absolute Gasteiger partial charge is 0.416 e. The molecule has 1 aliphatic rings. The smallest absolute Gasteiger partial charge is 0.326 e. The summed E-state index contributed by atoms with van der Waals surface area (Å²) in [6.45, 7) is 1.95. The molecule has 146 valence electrons.